The molecule has 0 heterocycles. The van der Waals surface area contributed by atoms with E-state index in [1.165, 1.54) is 6.92 Å². The highest BCUT2D eigenvalue weighted by Crippen LogP contribution is 2.03. The zero-order valence-electron chi connectivity index (χ0n) is 7.35. The lowest BCUT2D eigenvalue weighted by Crippen LogP contribution is -2.41. The van der Waals surface area contributed by atoms with E-state index >= 15 is 0 Å². The maximum absolute atomic E-state index is 12.2. The van der Waals surface area contributed by atoms with Crippen LogP contribution in [0.3, 0.4) is 0 Å². The maximum Gasteiger partial charge on any atom is 0.222 e. The summed E-state index contributed by atoms with van der Waals surface area (Å²) in [5, 5.41) is 0. The Morgan fingerprint density at radius 1 is 1.55 bits per heavy atom. The second-order valence-corrected chi connectivity index (χ2v) is 3.37. The minimum Gasteiger partial charge on any atom is -0.298 e. The molecule has 0 radical (unpaired) electrons. The quantitative estimate of drug-likeness (QED) is 0.342. The number of likely N-dealkylation sites (N-methyl/N-ethyl adjacent to an activating group) is 1. The Morgan fingerprint density at radius 3 is 2.27 bits per heavy atom. The first-order valence-corrected chi connectivity index (χ1v) is 3.46. The van der Waals surface area contributed by atoms with E-state index in [0.717, 1.165) is 0 Å². The minimum absolute atomic E-state index is 0.0651. The van der Waals surface area contributed by atoms with E-state index in [-0.39, 0.29) is 10.3 Å². The number of rotatable bonds is 4. The van der Waals surface area contributed by atoms with Gasteiger partial charge in [0.1, 0.15) is 6.54 Å². The fourth-order valence-electron chi connectivity index (χ4n) is 0.670. The first-order chi connectivity index (χ1) is 4.89. The third-order valence-corrected chi connectivity index (χ3v) is 1.44. The van der Waals surface area contributed by atoms with Crippen LogP contribution in [0.1, 0.15) is 6.92 Å². The summed E-state index contributed by atoms with van der Waals surface area (Å²) in [5.41, 5.74) is 0.479. The van der Waals surface area contributed by atoms with E-state index in [2.05, 4.69) is 6.58 Å². The number of halogens is 1. The summed E-state index contributed by atoms with van der Waals surface area (Å²) in [5.74, 6) is -0.0651. The van der Waals surface area contributed by atoms with E-state index < -0.39 is 6.80 Å². The van der Waals surface area contributed by atoms with Crippen molar-refractivity contribution in [3.05, 3.63) is 12.2 Å². The number of carbonyl (C=O) groups excluding carboxylic acids is 1. The molecule has 0 N–H and O–H groups in total. The normalized spacial score (nSPS) is 11.3. The molecule has 64 valence electrons. The Balaban J connectivity index is 4.04. The Morgan fingerprint density at radius 2 is 2.00 bits per heavy atom. The number of nitrogens with zero attached hydrogens (tertiary/aromatic N) is 1. The van der Waals surface area contributed by atoms with Crippen LogP contribution in [0.15, 0.2) is 12.2 Å². The fourth-order valence-corrected chi connectivity index (χ4v) is 0.670. The van der Waals surface area contributed by atoms with Gasteiger partial charge in [-0.2, -0.15) is 4.39 Å². The van der Waals surface area contributed by atoms with Crippen LogP contribution in [0.5, 0.6) is 0 Å². The molecular weight excluding hydrogens is 145 g/mol. The summed E-state index contributed by atoms with van der Waals surface area (Å²) < 4.78 is 12.4. The van der Waals surface area contributed by atoms with Gasteiger partial charge in [-0.05, 0) is 6.92 Å². The van der Waals surface area contributed by atoms with Gasteiger partial charge in [0, 0.05) is 5.57 Å². The smallest absolute Gasteiger partial charge is 0.222 e. The molecular formula is C8H15FNO+. The molecule has 0 fully saturated rings. The van der Waals surface area contributed by atoms with E-state index in [0.29, 0.717) is 12.1 Å². The molecule has 0 aliphatic heterocycles. The molecule has 0 aromatic rings. The number of hydrogen-bond acceptors (Lipinski definition) is 1. The zero-order chi connectivity index (χ0) is 9.07. The topological polar surface area (TPSA) is 17.1 Å². The first kappa shape index (κ1) is 10.3. The van der Waals surface area contributed by atoms with E-state index in [1.807, 2.05) is 0 Å². The molecule has 0 bridgehead atoms. The summed E-state index contributed by atoms with van der Waals surface area (Å²) >= 11 is 0. The molecule has 0 amide bonds. The van der Waals surface area contributed by atoms with Gasteiger partial charge in [-0.15, -0.1) is 0 Å². The van der Waals surface area contributed by atoms with Gasteiger partial charge in [-0.25, -0.2) is 0 Å². The molecule has 0 spiro atoms. The zero-order valence-corrected chi connectivity index (χ0v) is 7.35. The van der Waals surface area contributed by atoms with E-state index in [4.69, 9.17) is 0 Å². The molecule has 0 atom stereocenters. The van der Waals surface area contributed by atoms with Gasteiger partial charge in [0.05, 0.1) is 14.1 Å². The molecule has 0 saturated heterocycles. The van der Waals surface area contributed by atoms with Crippen molar-refractivity contribution in [2.45, 2.75) is 6.92 Å². The van der Waals surface area contributed by atoms with Gasteiger partial charge >= 0.3 is 0 Å². The maximum atomic E-state index is 12.2. The van der Waals surface area contributed by atoms with Crippen molar-refractivity contribution in [1.29, 1.82) is 0 Å². The molecule has 0 saturated carbocycles. The monoisotopic (exact) mass is 160 g/mol. The number of Topliss-reactive ketones (excluding diaryl/α,β-unsaturated/α-hetero) is 1. The molecule has 0 aromatic carbocycles. The van der Waals surface area contributed by atoms with Crippen LogP contribution in [-0.2, 0) is 4.79 Å². The largest absolute Gasteiger partial charge is 0.298 e. The second-order valence-electron chi connectivity index (χ2n) is 3.37. The number of quaternary nitrogens is 1. The van der Waals surface area contributed by atoms with Gasteiger partial charge < -0.3 is 0 Å². The minimum atomic E-state index is -0.480. The van der Waals surface area contributed by atoms with E-state index in [9.17, 15) is 9.18 Å². The first-order valence-electron chi connectivity index (χ1n) is 3.46. The summed E-state index contributed by atoms with van der Waals surface area (Å²) in [6.07, 6.45) is 0. The number of hydrogen-bond donors (Lipinski definition) is 0. The summed E-state index contributed by atoms with van der Waals surface area (Å²) in [7, 11) is 3.43. The molecule has 2 nitrogen and oxygen atoms in total. The lowest BCUT2D eigenvalue weighted by Gasteiger charge is -2.25. The second kappa shape index (κ2) is 3.62. The molecule has 3 heteroatoms. The third-order valence-electron chi connectivity index (χ3n) is 1.44. The van der Waals surface area contributed by atoms with Gasteiger partial charge in [0.15, 0.2) is 5.78 Å². The number of ketones is 1. The predicted octanol–water partition coefficient (Wildman–Crippen LogP) is 1.14. The lowest BCUT2D eigenvalue weighted by molar-refractivity contribution is -0.897. The predicted molar refractivity (Wildman–Crippen MR) is 42.8 cm³/mol. The molecule has 0 aliphatic rings. The molecule has 0 aromatic heterocycles. The van der Waals surface area contributed by atoms with Crippen LogP contribution in [-0.4, -0.2) is 37.7 Å². The summed E-state index contributed by atoms with van der Waals surface area (Å²) in [4.78, 5) is 10.7. The van der Waals surface area contributed by atoms with Crippen molar-refractivity contribution < 1.29 is 13.7 Å². The van der Waals surface area contributed by atoms with Gasteiger partial charge in [-0.3, -0.25) is 9.28 Å². The van der Waals surface area contributed by atoms with Crippen molar-refractivity contribution in [3.8, 4) is 0 Å². The number of alkyl halides is 1. The molecule has 0 unspecified atom stereocenters. The van der Waals surface area contributed by atoms with Crippen LogP contribution in [0.4, 0.5) is 4.39 Å². The van der Waals surface area contributed by atoms with Crippen LogP contribution < -0.4 is 0 Å². The third kappa shape index (κ3) is 3.88. The van der Waals surface area contributed by atoms with E-state index in [1.54, 1.807) is 14.1 Å². The Hall–Kier alpha value is -0.700. The summed E-state index contributed by atoms with van der Waals surface area (Å²) in [6, 6.07) is 0. The fraction of sp³-hybridized carbons (Fsp3) is 0.625. The SMILES string of the molecule is C=C(C[N+](C)(C)CF)C(C)=O. The van der Waals surface area contributed by atoms with Crippen molar-refractivity contribution in [2.24, 2.45) is 0 Å². The van der Waals surface area contributed by atoms with Crippen LogP contribution in [0.25, 0.3) is 0 Å². The highest BCUT2D eigenvalue weighted by Gasteiger charge is 2.17. The van der Waals surface area contributed by atoms with Crippen molar-refractivity contribution >= 4 is 5.78 Å². The molecule has 11 heavy (non-hydrogen) atoms. The Kier molecular flexibility index (Phi) is 3.39. The highest BCUT2D eigenvalue weighted by molar-refractivity contribution is 5.92. The van der Waals surface area contributed by atoms with Crippen LogP contribution in [0, 0.1) is 0 Å². The van der Waals surface area contributed by atoms with Crippen molar-refractivity contribution in [3.63, 3.8) is 0 Å². The standard InChI is InChI=1S/C8H15FNO/c1-7(8(2)11)5-10(3,4)6-9/h1,5-6H2,2-4H3/q+1. The van der Waals surface area contributed by atoms with Crippen LogP contribution in [0.2, 0.25) is 0 Å². The van der Waals surface area contributed by atoms with Gasteiger partial charge in [0.2, 0.25) is 6.80 Å². The molecule has 0 aliphatic carbocycles. The van der Waals surface area contributed by atoms with Gasteiger partial charge in [-0.1, -0.05) is 6.58 Å². The Labute approximate surface area is 66.9 Å². The lowest BCUT2D eigenvalue weighted by atomic mass is 10.2. The summed E-state index contributed by atoms with van der Waals surface area (Å²) in [6.45, 7) is 4.90. The average molecular weight is 160 g/mol. The van der Waals surface area contributed by atoms with Crippen molar-refractivity contribution in [1.82, 2.24) is 0 Å². The van der Waals surface area contributed by atoms with Crippen LogP contribution >= 0.6 is 0 Å². The number of carbonyl (C=O) groups is 1. The molecule has 0 rings (SSSR count). The average Bonchev–Trinajstić information content (AvgIpc) is 1.87. The highest BCUT2D eigenvalue weighted by atomic mass is 19.1. The Bertz CT molecular complexity index is 175. The van der Waals surface area contributed by atoms with Crippen molar-refractivity contribution in [2.75, 3.05) is 27.4 Å². The van der Waals surface area contributed by atoms with Gasteiger partial charge in [0.25, 0.3) is 0 Å².